The van der Waals surface area contributed by atoms with Crippen molar-refractivity contribution in [2.75, 3.05) is 11.9 Å². The first kappa shape index (κ1) is 22.8. The SMILES string of the molecule is CN1Cc2cnc3ccc(-c4ccc(-n5cccn5)nc4)nc3c2N(c2ccc(C(C)(C)N)cc2)C1=O. The van der Waals surface area contributed by atoms with E-state index < -0.39 is 5.54 Å². The standard InChI is InChI=1S/C28H26N8O/c1-28(2,29)20-6-8-21(9-7-20)36-26-19(17-34(3)27(36)37)16-30-23-11-10-22(33-25(23)26)18-5-12-24(31-15-18)35-14-4-13-32-35/h4-16H,17,29H2,1-3H3. The number of carbonyl (C=O) groups excluding carboxylic acids is 1. The Morgan fingerprint density at radius 2 is 1.78 bits per heavy atom. The third-order valence-corrected chi connectivity index (χ3v) is 6.56. The van der Waals surface area contributed by atoms with E-state index >= 15 is 0 Å². The molecule has 9 nitrogen and oxygen atoms in total. The molecule has 5 heterocycles. The van der Waals surface area contributed by atoms with Crippen LogP contribution in [-0.2, 0) is 12.1 Å². The Morgan fingerprint density at radius 3 is 2.46 bits per heavy atom. The van der Waals surface area contributed by atoms with Gasteiger partial charge in [0.2, 0.25) is 0 Å². The molecule has 0 atom stereocenters. The second-order valence-corrected chi connectivity index (χ2v) is 9.79. The van der Waals surface area contributed by atoms with E-state index in [9.17, 15) is 4.79 Å². The van der Waals surface area contributed by atoms with E-state index in [0.29, 0.717) is 17.6 Å². The number of urea groups is 1. The highest BCUT2D eigenvalue weighted by Gasteiger charge is 2.32. The van der Waals surface area contributed by atoms with Crippen LogP contribution in [-0.4, -0.2) is 42.7 Å². The average molecular weight is 491 g/mol. The van der Waals surface area contributed by atoms with Crippen LogP contribution in [0.4, 0.5) is 16.2 Å². The second kappa shape index (κ2) is 8.49. The van der Waals surface area contributed by atoms with Gasteiger partial charge in [-0.1, -0.05) is 12.1 Å². The van der Waals surface area contributed by atoms with E-state index in [2.05, 4.69) is 15.1 Å². The number of rotatable bonds is 4. The monoisotopic (exact) mass is 490 g/mol. The van der Waals surface area contributed by atoms with Crippen molar-refractivity contribution in [2.24, 2.45) is 5.73 Å². The molecule has 37 heavy (non-hydrogen) atoms. The van der Waals surface area contributed by atoms with E-state index in [1.807, 2.05) is 80.8 Å². The van der Waals surface area contributed by atoms with Gasteiger partial charge in [0.25, 0.3) is 0 Å². The first-order valence-electron chi connectivity index (χ1n) is 12.0. The predicted molar refractivity (Wildman–Crippen MR) is 143 cm³/mol. The Balaban J connectivity index is 1.47. The fraction of sp³-hybridized carbons (Fsp3) is 0.179. The van der Waals surface area contributed by atoms with Crippen LogP contribution in [0.5, 0.6) is 0 Å². The molecule has 9 heteroatoms. The topological polar surface area (TPSA) is 106 Å². The van der Waals surface area contributed by atoms with Gasteiger partial charge in [0, 0.05) is 48.5 Å². The highest BCUT2D eigenvalue weighted by atomic mass is 16.2. The Hall–Kier alpha value is -4.63. The fourth-order valence-corrected chi connectivity index (χ4v) is 4.56. The van der Waals surface area contributed by atoms with E-state index in [-0.39, 0.29) is 6.03 Å². The molecule has 1 aliphatic rings. The first-order valence-corrected chi connectivity index (χ1v) is 12.0. The number of hydrogen-bond donors (Lipinski definition) is 1. The van der Waals surface area contributed by atoms with Gasteiger partial charge in [-0.25, -0.2) is 19.4 Å². The number of carbonyl (C=O) groups is 1. The van der Waals surface area contributed by atoms with Crippen LogP contribution in [0.1, 0.15) is 25.0 Å². The van der Waals surface area contributed by atoms with E-state index in [1.165, 1.54) is 0 Å². The number of nitrogens with zero attached hydrogens (tertiary/aromatic N) is 7. The molecule has 0 fully saturated rings. The summed E-state index contributed by atoms with van der Waals surface area (Å²) in [6.45, 7) is 4.37. The Bertz CT molecular complexity index is 1600. The minimum Gasteiger partial charge on any atom is -0.323 e. The predicted octanol–water partition coefficient (Wildman–Crippen LogP) is 4.77. The van der Waals surface area contributed by atoms with Gasteiger partial charge in [-0.15, -0.1) is 0 Å². The average Bonchev–Trinajstić information content (AvgIpc) is 3.44. The highest BCUT2D eigenvalue weighted by Crippen LogP contribution is 2.39. The van der Waals surface area contributed by atoms with E-state index in [1.54, 1.807) is 33.9 Å². The van der Waals surface area contributed by atoms with Gasteiger partial charge in [-0.05, 0) is 61.9 Å². The summed E-state index contributed by atoms with van der Waals surface area (Å²) in [5.41, 5.74) is 12.2. The van der Waals surface area contributed by atoms with Gasteiger partial charge >= 0.3 is 6.03 Å². The summed E-state index contributed by atoms with van der Waals surface area (Å²) in [4.78, 5) is 31.0. The molecular weight excluding hydrogens is 464 g/mol. The number of nitrogens with two attached hydrogens (primary N) is 1. The van der Waals surface area contributed by atoms with Crippen molar-refractivity contribution in [1.82, 2.24) is 29.6 Å². The fourth-order valence-electron chi connectivity index (χ4n) is 4.56. The molecule has 1 aromatic carbocycles. The third kappa shape index (κ3) is 3.99. The van der Waals surface area contributed by atoms with Crippen molar-refractivity contribution in [2.45, 2.75) is 25.9 Å². The summed E-state index contributed by atoms with van der Waals surface area (Å²) in [5.74, 6) is 0.720. The van der Waals surface area contributed by atoms with Crippen molar-refractivity contribution < 1.29 is 4.79 Å². The lowest BCUT2D eigenvalue weighted by Crippen LogP contribution is -2.42. The van der Waals surface area contributed by atoms with Gasteiger partial charge in [-0.3, -0.25) is 9.88 Å². The number of amides is 2. The number of fused-ring (bicyclic) bond motifs is 3. The lowest BCUT2D eigenvalue weighted by Gasteiger charge is -2.35. The normalized spacial score (nSPS) is 13.8. The number of hydrogen-bond acceptors (Lipinski definition) is 6. The summed E-state index contributed by atoms with van der Waals surface area (Å²) in [6, 6.07) is 17.2. The number of benzene rings is 1. The maximum atomic E-state index is 13.5. The molecule has 4 aromatic heterocycles. The second-order valence-electron chi connectivity index (χ2n) is 9.79. The van der Waals surface area contributed by atoms with Crippen LogP contribution in [0.2, 0.25) is 0 Å². The molecule has 2 N–H and O–H groups in total. The molecule has 5 aromatic rings. The largest absolute Gasteiger partial charge is 0.329 e. The lowest BCUT2D eigenvalue weighted by atomic mass is 9.95. The molecule has 6 rings (SSSR count). The van der Waals surface area contributed by atoms with Crippen LogP contribution < -0.4 is 10.6 Å². The smallest absolute Gasteiger partial charge is 0.323 e. The zero-order chi connectivity index (χ0) is 25.7. The van der Waals surface area contributed by atoms with Crippen molar-refractivity contribution >= 4 is 28.4 Å². The number of aromatic nitrogens is 5. The lowest BCUT2D eigenvalue weighted by molar-refractivity contribution is 0.213. The number of pyridine rings is 3. The van der Waals surface area contributed by atoms with Gasteiger partial charge in [0.1, 0.15) is 5.52 Å². The molecule has 0 spiro atoms. The summed E-state index contributed by atoms with van der Waals surface area (Å²) in [5, 5.41) is 4.23. The molecule has 2 amide bonds. The van der Waals surface area contributed by atoms with Gasteiger partial charge < -0.3 is 10.6 Å². The van der Waals surface area contributed by atoms with E-state index in [4.69, 9.17) is 10.7 Å². The molecular formula is C28H26N8O. The quantitative estimate of drug-likeness (QED) is 0.389. The molecule has 0 radical (unpaired) electrons. The maximum absolute atomic E-state index is 13.5. The first-order chi connectivity index (χ1) is 17.8. The van der Waals surface area contributed by atoms with Crippen LogP contribution in [0.3, 0.4) is 0 Å². The third-order valence-electron chi connectivity index (χ3n) is 6.56. The minimum absolute atomic E-state index is 0.128. The van der Waals surface area contributed by atoms with Gasteiger partial charge in [0.15, 0.2) is 5.82 Å². The number of anilines is 2. The molecule has 0 bridgehead atoms. The Morgan fingerprint density at radius 1 is 0.973 bits per heavy atom. The van der Waals surface area contributed by atoms with E-state index in [0.717, 1.165) is 39.6 Å². The van der Waals surface area contributed by atoms with Gasteiger partial charge in [-0.2, -0.15) is 5.10 Å². The molecule has 0 unspecified atom stereocenters. The van der Waals surface area contributed by atoms with Crippen LogP contribution in [0.25, 0.3) is 28.1 Å². The van der Waals surface area contributed by atoms with Crippen molar-refractivity contribution in [3.8, 4) is 17.1 Å². The Labute approximate surface area is 214 Å². The summed E-state index contributed by atoms with van der Waals surface area (Å²) in [6.07, 6.45) is 7.16. The van der Waals surface area contributed by atoms with Crippen LogP contribution >= 0.6 is 0 Å². The molecule has 1 aliphatic heterocycles. The van der Waals surface area contributed by atoms with Crippen molar-refractivity contribution in [3.05, 3.63) is 90.5 Å². The minimum atomic E-state index is -0.479. The van der Waals surface area contributed by atoms with Gasteiger partial charge in [0.05, 0.1) is 29.1 Å². The highest BCUT2D eigenvalue weighted by molar-refractivity contribution is 6.08. The summed E-state index contributed by atoms with van der Waals surface area (Å²) in [7, 11) is 1.79. The van der Waals surface area contributed by atoms with Crippen molar-refractivity contribution in [1.29, 1.82) is 0 Å². The van der Waals surface area contributed by atoms with Crippen LogP contribution in [0, 0.1) is 0 Å². The zero-order valence-electron chi connectivity index (χ0n) is 20.8. The zero-order valence-corrected chi connectivity index (χ0v) is 20.8. The van der Waals surface area contributed by atoms with Crippen LogP contribution in [0.15, 0.2) is 79.4 Å². The summed E-state index contributed by atoms with van der Waals surface area (Å²) < 4.78 is 1.70. The molecule has 0 aliphatic carbocycles. The van der Waals surface area contributed by atoms with Crippen molar-refractivity contribution in [3.63, 3.8) is 0 Å². The molecule has 0 saturated heterocycles. The molecule has 0 saturated carbocycles. The molecule has 184 valence electrons. The summed E-state index contributed by atoms with van der Waals surface area (Å²) >= 11 is 0. The Kier molecular flexibility index (Phi) is 5.24. The maximum Gasteiger partial charge on any atom is 0.329 e.